The van der Waals surface area contributed by atoms with Gasteiger partial charge in [0.1, 0.15) is 0 Å². The highest BCUT2D eigenvalue weighted by Crippen LogP contribution is 2.18. The summed E-state index contributed by atoms with van der Waals surface area (Å²) in [6.45, 7) is 0. The molecular formula is C7H8N3O3+. The van der Waals surface area contributed by atoms with Crippen molar-refractivity contribution in [2.24, 2.45) is 0 Å². The molecule has 0 unspecified atom stereocenters. The van der Waals surface area contributed by atoms with Crippen molar-refractivity contribution in [1.82, 2.24) is 4.98 Å². The number of aromatic carboxylic acids is 1. The van der Waals surface area contributed by atoms with E-state index in [1.54, 1.807) is 0 Å². The molecule has 6 nitrogen and oxygen atoms in total. The topological polar surface area (TPSA) is 96.3 Å². The molecule has 1 heterocycles. The lowest BCUT2D eigenvalue weighted by Crippen LogP contribution is -2.04. The Morgan fingerprint density at radius 2 is 2.31 bits per heavy atom. The number of anilines is 1. The molecule has 68 valence electrons. The van der Waals surface area contributed by atoms with Crippen molar-refractivity contribution in [3.63, 3.8) is 0 Å². The maximum absolute atomic E-state index is 10.8. The Kier molecular flexibility index (Phi) is 2.23. The molecule has 0 atom stereocenters. The number of hydrogen-bond acceptors (Lipinski definition) is 4. The average Bonchev–Trinajstić information content (AvgIpc) is 2.04. The first-order valence-electron chi connectivity index (χ1n) is 3.42. The van der Waals surface area contributed by atoms with Gasteiger partial charge in [0, 0.05) is 21.9 Å². The fourth-order valence-corrected chi connectivity index (χ4v) is 0.833. The molecule has 0 fully saturated rings. The Bertz CT molecular complexity index is 375. The van der Waals surface area contributed by atoms with Crippen LogP contribution in [0, 0.1) is 4.91 Å². The molecule has 1 aromatic rings. The van der Waals surface area contributed by atoms with Gasteiger partial charge in [-0.2, -0.15) is 0 Å². The lowest BCUT2D eigenvalue weighted by Gasteiger charge is -1.95. The van der Waals surface area contributed by atoms with Crippen molar-refractivity contribution in [3.8, 4) is 0 Å². The van der Waals surface area contributed by atoms with Gasteiger partial charge in [-0.15, -0.1) is 0 Å². The Morgan fingerprint density at radius 1 is 1.69 bits per heavy atom. The van der Waals surface area contributed by atoms with Crippen LogP contribution in [-0.2, 0) is 0 Å². The predicted molar refractivity (Wildman–Crippen MR) is 44.8 cm³/mol. The number of carboxylic acid groups (broad SMARTS) is 1. The van der Waals surface area contributed by atoms with E-state index in [1.807, 2.05) is 0 Å². The first kappa shape index (κ1) is 9.11. The van der Waals surface area contributed by atoms with Crippen LogP contribution >= 0.6 is 0 Å². The van der Waals surface area contributed by atoms with Gasteiger partial charge in [-0.3, -0.25) is 0 Å². The van der Waals surface area contributed by atoms with E-state index in [4.69, 9.17) is 10.8 Å². The number of carbonyl (C=O) groups is 1. The SMILES string of the molecule is C[N+](=O)c1cc(C(=O)O)cnc1N. The molecule has 0 saturated heterocycles. The van der Waals surface area contributed by atoms with E-state index in [-0.39, 0.29) is 17.1 Å². The maximum Gasteiger partial charge on any atom is 0.337 e. The number of aromatic nitrogens is 1. The summed E-state index contributed by atoms with van der Waals surface area (Å²) in [5, 5.41) is 8.58. The molecule has 0 aliphatic heterocycles. The molecule has 0 aliphatic rings. The van der Waals surface area contributed by atoms with Crippen molar-refractivity contribution in [2.75, 3.05) is 12.8 Å². The quantitative estimate of drug-likeness (QED) is 0.645. The summed E-state index contributed by atoms with van der Waals surface area (Å²) in [6, 6.07) is 1.18. The number of hydrogen-bond donors (Lipinski definition) is 2. The number of rotatable bonds is 2. The fourth-order valence-electron chi connectivity index (χ4n) is 0.833. The van der Waals surface area contributed by atoms with Crippen molar-refractivity contribution in [2.45, 2.75) is 0 Å². The van der Waals surface area contributed by atoms with Gasteiger partial charge < -0.3 is 10.8 Å². The molecule has 3 N–H and O–H groups in total. The Balaban J connectivity index is 3.27. The number of nitrogens with zero attached hydrogens (tertiary/aromatic N) is 2. The minimum absolute atomic E-state index is 0.0162. The summed E-state index contributed by atoms with van der Waals surface area (Å²) >= 11 is 0. The van der Waals surface area contributed by atoms with E-state index in [0.717, 1.165) is 6.20 Å². The molecule has 1 rings (SSSR count). The van der Waals surface area contributed by atoms with E-state index >= 15 is 0 Å². The van der Waals surface area contributed by atoms with Gasteiger partial charge in [-0.1, -0.05) is 0 Å². The van der Waals surface area contributed by atoms with E-state index in [0.29, 0.717) is 4.76 Å². The lowest BCUT2D eigenvalue weighted by molar-refractivity contribution is -0.427. The average molecular weight is 182 g/mol. The van der Waals surface area contributed by atoms with E-state index in [1.165, 1.54) is 13.1 Å². The van der Waals surface area contributed by atoms with Crippen LogP contribution in [0.15, 0.2) is 12.3 Å². The van der Waals surface area contributed by atoms with Crippen LogP contribution in [0.2, 0.25) is 0 Å². The maximum atomic E-state index is 10.8. The molecule has 1 aromatic heterocycles. The third-order valence-electron chi connectivity index (χ3n) is 1.48. The molecule has 0 radical (unpaired) electrons. The molecule has 0 aromatic carbocycles. The Hall–Kier alpha value is -1.98. The van der Waals surface area contributed by atoms with Crippen LogP contribution in [-0.4, -0.2) is 27.9 Å². The van der Waals surface area contributed by atoms with Crippen LogP contribution in [0.5, 0.6) is 0 Å². The Morgan fingerprint density at radius 3 is 2.77 bits per heavy atom. The number of carboxylic acids is 1. The lowest BCUT2D eigenvalue weighted by atomic mass is 10.2. The summed E-state index contributed by atoms with van der Waals surface area (Å²) in [4.78, 5) is 24.9. The van der Waals surface area contributed by atoms with Gasteiger partial charge in [0.25, 0.3) is 5.69 Å². The minimum atomic E-state index is -1.14. The molecule has 0 spiro atoms. The van der Waals surface area contributed by atoms with E-state index < -0.39 is 5.97 Å². The standard InChI is InChI=1S/C7H7N3O3/c1-10(13)5-2-4(7(11)12)3-9-6(5)8/h2-3H,1H3,(H2-,8,9,11,12,13)/p+1. The van der Waals surface area contributed by atoms with E-state index in [2.05, 4.69) is 4.98 Å². The second kappa shape index (κ2) is 3.18. The van der Waals surface area contributed by atoms with Gasteiger partial charge in [-0.25, -0.2) is 9.78 Å². The zero-order chi connectivity index (χ0) is 10.0. The molecule has 0 saturated carbocycles. The van der Waals surface area contributed by atoms with Gasteiger partial charge in [-0.05, 0) is 0 Å². The molecule has 0 bridgehead atoms. The second-order valence-corrected chi connectivity index (χ2v) is 2.43. The monoisotopic (exact) mass is 182 g/mol. The van der Waals surface area contributed by atoms with Crippen LogP contribution in [0.3, 0.4) is 0 Å². The summed E-state index contributed by atoms with van der Waals surface area (Å²) in [5.41, 5.74) is 5.34. The molecule has 6 heteroatoms. The highest BCUT2D eigenvalue weighted by atomic mass is 16.4. The molecule has 13 heavy (non-hydrogen) atoms. The fraction of sp³-hybridized carbons (Fsp3) is 0.143. The molecule has 0 amide bonds. The van der Waals surface area contributed by atoms with E-state index in [9.17, 15) is 9.70 Å². The number of nitrogens with two attached hydrogens (primary N) is 1. The van der Waals surface area contributed by atoms with Gasteiger partial charge >= 0.3 is 5.97 Å². The van der Waals surface area contributed by atoms with Gasteiger partial charge in [0.2, 0.25) is 5.82 Å². The normalized spacial score (nSPS) is 9.62. The Labute approximate surface area is 73.6 Å². The highest BCUT2D eigenvalue weighted by Gasteiger charge is 2.16. The third-order valence-corrected chi connectivity index (χ3v) is 1.48. The van der Waals surface area contributed by atoms with Crippen LogP contribution in [0.4, 0.5) is 11.5 Å². The van der Waals surface area contributed by atoms with Crippen molar-refractivity contribution in [1.29, 1.82) is 0 Å². The first-order chi connectivity index (χ1) is 6.02. The smallest absolute Gasteiger partial charge is 0.337 e. The largest absolute Gasteiger partial charge is 0.478 e. The number of pyridine rings is 1. The van der Waals surface area contributed by atoms with Crippen LogP contribution in [0.25, 0.3) is 0 Å². The highest BCUT2D eigenvalue weighted by molar-refractivity contribution is 5.88. The number of nitroso groups, excluding NO2 is 1. The molecule has 0 aliphatic carbocycles. The first-order valence-corrected chi connectivity index (χ1v) is 3.42. The summed E-state index contributed by atoms with van der Waals surface area (Å²) < 4.78 is 0.467. The zero-order valence-corrected chi connectivity index (χ0v) is 6.89. The zero-order valence-electron chi connectivity index (χ0n) is 6.89. The van der Waals surface area contributed by atoms with Crippen LogP contribution < -0.4 is 5.73 Å². The summed E-state index contributed by atoms with van der Waals surface area (Å²) in [7, 11) is 1.22. The second-order valence-electron chi connectivity index (χ2n) is 2.43. The minimum Gasteiger partial charge on any atom is -0.478 e. The van der Waals surface area contributed by atoms with Gasteiger partial charge in [0.05, 0.1) is 5.56 Å². The van der Waals surface area contributed by atoms with Crippen molar-refractivity contribution < 1.29 is 14.7 Å². The predicted octanol–water partition coefficient (Wildman–Crippen LogP) is 0.402. The van der Waals surface area contributed by atoms with Crippen molar-refractivity contribution in [3.05, 3.63) is 22.7 Å². The van der Waals surface area contributed by atoms with Crippen molar-refractivity contribution >= 4 is 17.5 Å². The van der Waals surface area contributed by atoms with Crippen LogP contribution in [0.1, 0.15) is 10.4 Å². The number of nitrogen functional groups attached to an aromatic ring is 1. The molecular weight excluding hydrogens is 174 g/mol. The third kappa shape index (κ3) is 1.78. The summed E-state index contributed by atoms with van der Waals surface area (Å²) in [6.07, 6.45) is 1.10. The van der Waals surface area contributed by atoms with Gasteiger partial charge in [0.15, 0.2) is 7.05 Å². The summed E-state index contributed by atoms with van der Waals surface area (Å²) in [5.74, 6) is -1.13.